The van der Waals surface area contributed by atoms with Crippen LogP contribution in [0.25, 0.3) is 0 Å². The highest BCUT2D eigenvalue weighted by molar-refractivity contribution is 8.04. The zero-order chi connectivity index (χ0) is 28.0. The Labute approximate surface area is 227 Å². The van der Waals surface area contributed by atoms with Crippen molar-refractivity contribution < 1.29 is 24.2 Å². The van der Waals surface area contributed by atoms with E-state index in [1.807, 2.05) is 26.0 Å². The van der Waals surface area contributed by atoms with Crippen molar-refractivity contribution in [2.75, 3.05) is 6.61 Å². The topological polar surface area (TPSA) is 98.9 Å². The Balaban J connectivity index is 2.20. The van der Waals surface area contributed by atoms with Gasteiger partial charge in [-0.2, -0.15) is 0 Å². The van der Waals surface area contributed by atoms with Crippen molar-refractivity contribution >= 4 is 23.5 Å². The van der Waals surface area contributed by atoms with Crippen LogP contribution in [0.4, 0.5) is 0 Å². The molecule has 7 heteroatoms. The standard InChI is InChI=1S/C30H47NO5S/c1-9-22(31)13-11-10-12-14-30(19(2)3)17-24(33)27(28(34)36-30)37-26-15-20(4)25(35-18-21(5)32)16-23(26)29(6,7)8/h9-11,13,19-20,23,25-26,33H,1,12,14-18,31H2,2-8H3/b11-10+,22-13+. The number of aliphatic hydroxyl groups is 1. The third kappa shape index (κ3) is 8.51. The van der Waals surface area contributed by atoms with Crippen LogP contribution in [0.3, 0.4) is 0 Å². The van der Waals surface area contributed by atoms with Crippen molar-refractivity contribution in [2.45, 2.75) is 97.5 Å². The fourth-order valence-electron chi connectivity index (χ4n) is 5.25. The molecule has 6 nitrogen and oxygen atoms in total. The van der Waals surface area contributed by atoms with Crippen LogP contribution in [0.1, 0.15) is 80.6 Å². The Morgan fingerprint density at radius 1 is 1.35 bits per heavy atom. The Bertz CT molecular complexity index is 929. The van der Waals surface area contributed by atoms with Crippen LogP contribution in [0.15, 0.2) is 47.2 Å². The van der Waals surface area contributed by atoms with Gasteiger partial charge < -0.3 is 20.3 Å². The van der Waals surface area contributed by atoms with Gasteiger partial charge in [0.25, 0.3) is 0 Å². The van der Waals surface area contributed by atoms with Crippen LogP contribution in [-0.4, -0.2) is 40.4 Å². The third-order valence-corrected chi connectivity index (χ3v) is 9.17. The summed E-state index contributed by atoms with van der Waals surface area (Å²) in [5.41, 5.74) is 5.55. The molecule has 1 aliphatic heterocycles. The van der Waals surface area contributed by atoms with Crippen LogP contribution < -0.4 is 5.73 Å². The molecule has 1 fully saturated rings. The summed E-state index contributed by atoms with van der Waals surface area (Å²) in [5, 5.41) is 11.3. The molecule has 2 aliphatic rings. The van der Waals surface area contributed by atoms with Gasteiger partial charge in [0, 0.05) is 17.4 Å². The smallest absolute Gasteiger partial charge is 0.348 e. The number of ketones is 1. The molecule has 37 heavy (non-hydrogen) atoms. The summed E-state index contributed by atoms with van der Waals surface area (Å²) in [5.74, 6) is 0.254. The second-order valence-electron chi connectivity index (χ2n) is 12.0. The molecule has 1 saturated carbocycles. The maximum absolute atomic E-state index is 13.3. The molecule has 3 N–H and O–H groups in total. The predicted molar refractivity (Wildman–Crippen MR) is 152 cm³/mol. The average molecular weight is 534 g/mol. The molecule has 0 bridgehead atoms. The molecular weight excluding hydrogens is 486 g/mol. The molecule has 0 radical (unpaired) electrons. The summed E-state index contributed by atoms with van der Waals surface area (Å²) < 4.78 is 12.1. The number of hydrogen-bond donors (Lipinski definition) is 2. The van der Waals surface area contributed by atoms with Crippen molar-refractivity contribution in [1.82, 2.24) is 0 Å². The number of carbonyl (C=O) groups excluding carboxylic acids is 2. The van der Waals surface area contributed by atoms with E-state index in [1.165, 1.54) is 11.8 Å². The molecule has 1 aliphatic carbocycles. The summed E-state index contributed by atoms with van der Waals surface area (Å²) >= 11 is 1.46. The second kappa shape index (κ2) is 13.2. The van der Waals surface area contributed by atoms with Gasteiger partial charge in [0.15, 0.2) is 5.78 Å². The Morgan fingerprint density at radius 2 is 2.03 bits per heavy atom. The Kier molecular flexibility index (Phi) is 11.1. The summed E-state index contributed by atoms with van der Waals surface area (Å²) in [6.07, 6.45) is 10.5. The molecule has 5 unspecified atom stereocenters. The highest BCUT2D eigenvalue weighted by atomic mass is 32.2. The normalized spacial score (nSPS) is 29.6. The fraction of sp³-hybridized carbons (Fsp3) is 0.667. The maximum Gasteiger partial charge on any atom is 0.348 e. The van der Waals surface area contributed by atoms with Crippen LogP contribution in [0, 0.1) is 23.2 Å². The first-order valence-corrected chi connectivity index (χ1v) is 14.3. The van der Waals surface area contributed by atoms with Gasteiger partial charge in [-0.15, -0.1) is 11.8 Å². The highest BCUT2D eigenvalue weighted by Gasteiger charge is 2.47. The molecule has 0 aromatic heterocycles. The van der Waals surface area contributed by atoms with Gasteiger partial charge in [0.1, 0.15) is 22.9 Å². The number of nitrogens with two attached hydrogens (primary N) is 1. The van der Waals surface area contributed by atoms with Crippen molar-refractivity contribution in [1.29, 1.82) is 0 Å². The molecule has 0 aromatic rings. The largest absolute Gasteiger partial charge is 0.511 e. The average Bonchev–Trinajstić information content (AvgIpc) is 2.79. The number of thioether (sulfide) groups is 1. The van der Waals surface area contributed by atoms with Gasteiger partial charge in [-0.3, -0.25) is 4.79 Å². The van der Waals surface area contributed by atoms with Crippen molar-refractivity contribution in [3.63, 3.8) is 0 Å². The van der Waals surface area contributed by atoms with E-state index in [1.54, 1.807) is 19.1 Å². The van der Waals surface area contributed by atoms with Crippen molar-refractivity contribution in [3.05, 3.63) is 47.2 Å². The highest BCUT2D eigenvalue weighted by Crippen LogP contribution is 2.50. The zero-order valence-electron chi connectivity index (χ0n) is 23.7. The molecule has 0 amide bonds. The molecule has 5 atom stereocenters. The minimum absolute atomic E-state index is 0.00387. The Hall–Kier alpha value is -1.99. The first-order valence-electron chi connectivity index (χ1n) is 13.4. The monoisotopic (exact) mass is 533 g/mol. The lowest BCUT2D eigenvalue weighted by Crippen LogP contribution is -2.46. The molecule has 2 rings (SSSR count). The lowest BCUT2D eigenvalue weighted by Gasteiger charge is -2.46. The summed E-state index contributed by atoms with van der Waals surface area (Å²) in [4.78, 5) is 25.1. The van der Waals surface area contributed by atoms with E-state index in [0.29, 0.717) is 29.9 Å². The number of carbonyl (C=O) groups is 2. The molecule has 1 heterocycles. The summed E-state index contributed by atoms with van der Waals surface area (Å²) in [7, 11) is 0. The lowest BCUT2D eigenvalue weighted by atomic mass is 9.68. The molecule has 0 saturated heterocycles. The van der Waals surface area contributed by atoms with E-state index in [0.717, 1.165) is 12.8 Å². The van der Waals surface area contributed by atoms with E-state index in [2.05, 4.69) is 34.3 Å². The van der Waals surface area contributed by atoms with Gasteiger partial charge in [-0.05, 0) is 67.9 Å². The SMILES string of the molecule is C=C/C(N)=C\C=C\CCC1(C(C)C)CC(O)=C(SC2CC(C)C(OCC(C)=O)CC2C(C)(C)C)C(=O)O1. The minimum atomic E-state index is -0.752. The molecule has 0 aromatic carbocycles. The number of hydrogen-bond acceptors (Lipinski definition) is 7. The predicted octanol–water partition coefficient (Wildman–Crippen LogP) is 6.63. The number of esters is 1. The third-order valence-electron chi connectivity index (χ3n) is 7.71. The molecule has 0 spiro atoms. The van der Waals surface area contributed by atoms with E-state index in [4.69, 9.17) is 15.2 Å². The van der Waals surface area contributed by atoms with Crippen LogP contribution >= 0.6 is 11.8 Å². The number of allylic oxidation sites excluding steroid dienone is 4. The second-order valence-corrected chi connectivity index (χ2v) is 13.3. The minimum Gasteiger partial charge on any atom is -0.511 e. The first-order chi connectivity index (χ1) is 17.2. The van der Waals surface area contributed by atoms with E-state index >= 15 is 0 Å². The zero-order valence-corrected chi connectivity index (χ0v) is 24.5. The van der Waals surface area contributed by atoms with Crippen LogP contribution in [0.2, 0.25) is 0 Å². The summed E-state index contributed by atoms with van der Waals surface area (Å²) in [6.45, 7) is 18.1. The maximum atomic E-state index is 13.3. The molecule has 208 valence electrons. The van der Waals surface area contributed by atoms with Crippen LogP contribution in [-0.2, 0) is 19.1 Å². The first kappa shape index (κ1) is 31.2. The van der Waals surface area contributed by atoms with Gasteiger partial charge in [-0.1, -0.05) is 60.3 Å². The number of cyclic esters (lactones) is 1. The van der Waals surface area contributed by atoms with Gasteiger partial charge in [0.2, 0.25) is 0 Å². The lowest BCUT2D eigenvalue weighted by molar-refractivity contribution is -0.164. The number of Topliss-reactive ketones (excluding diaryl/α,β-unsaturated/α-hetero) is 1. The van der Waals surface area contributed by atoms with Crippen LogP contribution in [0.5, 0.6) is 0 Å². The number of aliphatic hydroxyl groups excluding tert-OH is 1. The summed E-state index contributed by atoms with van der Waals surface area (Å²) in [6, 6.07) is 0. The van der Waals surface area contributed by atoms with Gasteiger partial charge in [-0.25, -0.2) is 4.79 Å². The quantitative estimate of drug-likeness (QED) is 0.227. The van der Waals surface area contributed by atoms with E-state index < -0.39 is 11.6 Å². The fourth-order valence-corrected chi connectivity index (χ4v) is 6.98. The van der Waals surface area contributed by atoms with Crippen molar-refractivity contribution in [2.24, 2.45) is 28.9 Å². The van der Waals surface area contributed by atoms with Gasteiger partial charge >= 0.3 is 5.97 Å². The number of ether oxygens (including phenoxy) is 2. The molecular formula is C30H47NO5S. The van der Waals surface area contributed by atoms with Gasteiger partial charge in [0.05, 0.1) is 6.10 Å². The van der Waals surface area contributed by atoms with E-state index in [9.17, 15) is 14.7 Å². The van der Waals surface area contributed by atoms with Crippen molar-refractivity contribution in [3.8, 4) is 0 Å². The van der Waals surface area contributed by atoms with E-state index in [-0.39, 0.29) is 52.7 Å². The Morgan fingerprint density at radius 3 is 2.57 bits per heavy atom. The number of rotatable bonds is 11.